The maximum absolute atomic E-state index is 5.89. The molecule has 1 heterocycles. The van der Waals surface area contributed by atoms with Crippen LogP contribution in [0.4, 0.5) is 0 Å². The van der Waals surface area contributed by atoms with Gasteiger partial charge in [0, 0.05) is 19.1 Å². The van der Waals surface area contributed by atoms with Crippen molar-refractivity contribution < 1.29 is 4.74 Å². The third kappa shape index (κ3) is 4.92. The van der Waals surface area contributed by atoms with E-state index in [1.807, 2.05) is 56.4 Å². The van der Waals surface area contributed by atoms with Gasteiger partial charge in [0.2, 0.25) is 0 Å². The van der Waals surface area contributed by atoms with Gasteiger partial charge in [-0.2, -0.15) is 0 Å². The maximum atomic E-state index is 5.89. The lowest BCUT2D eigenvalue weighted by atomic mass is 10.3. The average molecular weight is 386 g/mol. The Labute approximate surface area is 164 Å². The molecule has 0 spiro atoms. The second-order valence-corrected chi connectivity index (χ2v) is 6.70. The van der Waals surface area contributed by atoms with Crippen molar-refractivity contribution in [1.82, 2.24) is 20.2 Å². The summed E-state index contributed by atoms with van der Waals surface area (Å²) in [7, 11) is 3.76. The van der Waals surface area contributed by atoms with Gasteiger partial charge in [0.05, 0.1) is 24.1 Å². The molecule has 0 aliphatic rings. The number of aromatic nitrogens is 2. The number of rotatable bonds is 6. The molecule has 0 saturated carbocycles. The number of halogens is 1. The zero-order chi connectivity index (χ0) is 19.2. The number of hydrogen-bond acceptors (Lipinski definition) is 3. The Hall–Kier alpha value is -2.73. The first-order chi connectivity index (χ1) is 13.1. The van der Waals surface area contributed by atoms with Crippen LogP contribution in [-0.4, -0.2) is 35.2 Å². The standard InChI is InChI=1S/C20H24ClN5O/c1-14(27-16-10-8-15(21)9-11-16)12-23-20(22-2)24-13-19-25-17-6-4-5-7-18(17)26(19)3/h4-11,14H,12-13H2,1-3H3,(H2,22,23,24). The van der Waals surface area contributed by atoms with Gasteiger partial charge in [0.15, 0.2) is 5.96 Å². The van der Waals surface area contributed by atoms with Crippen LogP contribution in [0.3, 0.4) is 0 Å². The number of fused-ring (bicyclic) bond motifs is 1. The molecule has 6 nitrogen and oxygen atoms in total. The second kappa shape index (κ2) is 8.77. The van der Waals surface area contributed by atoms with E-state index in [1.54, 1.807) is 7.05 Å². The predicted octanol–water partition coefficient (Wildman–Crippen LogP) is 3.36. The summed E-state index contributed by atoms with van der Waals surface area (Å²) in [6.07, 6.45) is -0.0273. The third-order valence-electron chi connectivity index (χ3n) is 4.23. The van der Waals surface area contributed by atoms with Crippen molar-refractivity contribution >= 4 is 28.6 Å². The number of aryl methyl sites for hydroxylation is 1. The molecule has 0 radical (unpaired) electrons. The fourth-order valence-electron chi connectivity index (χ4n) is 2.76. The number of nitrogens with zero attached hydrogens (tertiary/aromatic N) is 3. The molecule has 0 saturated heterocycles. The smallest absolute Gasteiger partial charge is 0.191 e. The highest BCUT2D eigenvalue weighted by Crippen LogP contribution is 2.16. The molecule has 27 heavy (non-hydrogen) atoms. The van der Waals surface area contributed by atoms with Gasteiger partial charge in [0.1, 0.15) is 17.7 Å². The lowest BCUT2D eigenvalue weighted by Crippen LogP contribution is -2.41. The average Bonchev–Trinajstić information content (AvgIpc) is 3.00. The summed E-state index contributed by atoms with van der Waals surface area (Å²) in [6.45, 7) is 3.20. The molecule has 1 atom stereocenters. The van der Waals surface area contributed by atoms with Crippen LogP contribution in [0.15, 0.2) is 53.5 Å². The van der Waals surface area contributed by atoms with Gasteiger partial charge < -0.3 is 19.9 Å². The highest BCUT2D eigenvalue weighted by molar-refractivity contribution is 6.30. The van der Waals surface area contributed by atoms with E-state index in [2.05, 4.69) is 31.2 Å². The molecular formula is C20H24ClN5O. The van der Waals surface area contributed by atoms with E-state index in [4.69, 9.17) is 16.3 Å². The first-order valence-electron chi connectivity index (χ1n) is 8.84. The van der Waals surface area contributed by atoms with E-state index in [0.29, 0.717) is 24.1 Å². The van der Waals surface area contributed by atoms with Crippen LogP contribution in [0.5, 0.6) is 5.75 Å². The topological polar surface area (TPSA) is 63.5 Å². The summed E-state index contributed by atoms with van der Waals surface area (Å²) >= 11 is 5.89. The van der Waals surface area contributed by atoms with Gasteiger partial charge in [-0.25, -0.2) is 4.98 Å². The molecule has 2 aromatic carbocycles. The van der Waals surface area contributed by atoms with E-state index >= 15 is 0 Å². The molecule has 0 bridgehead atoms. The highest BCUT2D eigenvalue weighted by atomic mass is 35.5. The fourth-order valence-corrected chi connectivity index (χ4v) is 2.89. The molecule has 0 aliphatic carbocycles. The number of para-hydroxylation sites is 2. The Morgan fingerprint density at radius 2 is 1.93 bits per heavy atom. The molecule has 2 N–H and O–H groups in total. The highest BCUT2D eigenvalue weighted by Gasteiger charge is 2.09. The first-order valence-corrected chi connectivity index (χ1v) is 9.21. The Morgan fingerprint density at radius 1 is 1.19 bits per heavy atom. The van der Waals surface area contributed by atoms with Gasteiger partial charge in [-0.1, -0.05) is 23.7 Å². The van der Waals surface area contributed by atoms with Crippen molar-refractivity contribution in [2.75, 3.05) is 13.6 Å². The van der Waals surface area contributed by atoms with Crippen molar-refractivity contribution in [3.8, 4) is 5.75 Å². The molecule has 3 rings (SSSR count). The third-order valence-corrected chi connectivity index (χ3v) is 4.48. The summed E-state index contributed by atoms with van der Waals surface area (Å²) in [5.41, 5.74) is 2.10. The van der Waals surface area contributed by atoms with Crippen molar-refractivity contribution in [3.63, 3.8) is 0 Å². The minimum Gasteiger partial charge on any atom is -0.489 e. The first kappa shape index (κ1) is 19.0. The summed E-state index contributed by atoms with van der Waals surface area (Å²) < 4.78 is 7.95. The molecular weight excluding hydrogens is 362 g/mol. The van der Waals surface area contributed by atoms with Crippen LogP contribution in [0.1, 0.15) is 12.7 Å². The Morgan fingerprint density at radius 3 is 2.63 bits per heavy atom. The zero-order valence-electron chi connectivity index (χ0n) is 15.7. The minimum atomic E-state index is -0.0273. The minimum absolute atomic E-state index is 0.0273. The summed E-state index contributed by atoms with van der Waals surface area (Å²) in [5, 5.41) is 7.27. The largest absolute Gasteiger partial charge is 0.489 e. The predicted molar refractivity (Wildman–Crippen MR) is 110 cm³/mol. The molecule has 0 aliphatic heterocycles. The SMILES string of the molecule is CN=C(NCc1nc2ccccc2n1C)NCC(C)Oc1ccc(Cl)cc1. The van der Waals surface area contributed by atoms with Crippen LogP contribution in [0.25, 0.3) is 11.0 Å². The normalized spacial score (nSPS) is 12.8. The Balaban J connectivity index is 1.51. The molecule has 1 unspecified atom stereocenters. The summed E-state index contributed by atoms with van der Waals surface area (Å²) in [5.74, 6) is 2.44. The van der Waals surface area contributed by atoms with E-state index in [9.17, 15) is 0 Å². The van der Waals surface area contributed by atoms with Crippen molar-refractivity contribution in [2.24, 2.45) is 12.0 Å². The van der Waals surface area contributed by atoms with E-state index in [-0.39, 0.29) is 6.10 Å². The Kier molecular flexibility index (Phi) is 6.19. The van der Waals surface area contributed by atoms with Crippen LogP contribution < -0.4 is 15.4 Å². The Bertz CT molecular complexity index is 920. The van der Waals surface area contributed by atoms with Gasteiger partial charge >= 0.3 is 0 Å². The molecule has 142 valence electrons. The lowest BCUT2D eigenvalue weighted by Gasteiger charge is -2.17. The van der Waals surface area contributed by atoms with Gasteiger partial charge in [-0.3, -0.25) is 4.99 Å². The number of imidazole rings is 1. The van der Waals surface area contributed by atoms with Crippen LogP contribution in [0, 0.1) is 0 Å². The molecule has 1 aromatic heterocycles. The van der Waals surface area contributed by atoms with E-state index < -0.39 is 0 Å². The van der Waals surface area contributed by atoms with Gasteiger partial charge in [-0.05, 0) is 43.3 Å². The number of guanidine groups is 1. The monoisotopic (exact) mass is 385 g/mol. The van der Waals surface area contributed by atoms with Crippen molar-refractivity contribution in [3.05, 3.63) is 59.4 Å². The molecule has 0 fully saturated rings. The van der Waals surface area contributed by atoms with Crippen LogP contribution >= 0.6 is 11.6 Å². The molecule has 7 heteroatoms. The van der Waals surface area contributed by atoms with E-state index in [0.717, 1.165) is 22.6 Å². The number of benzene rings is 2. The number of aliphatic imine (C=N–C) groups is 1. The van der Waals surface area contributed by atoms with Gasteiger partial charge in [0.25, 0.3) is 0 Å². The van der Waals surface area contributed by atoms with Crippen LogP contribution in [0.2, 0.25) is 5.02 Å². The second-order valence-electron chi connectivity index (χ2n) is 6.26. The molecule has 0 amide bonds. The van der Waals surface area contributed by atoms with Crippen molar-refractivity contribution in [2.45, 2.75) is 19.6 Å². The van der Waals surface area contributed by atoms with Crippen molar-refractivity contribution in [1.29, 1.82) is 0 Å². The number of hydrogen-bond donors (Lipinski definition) is 2. The lowest BCUT2D eigenvalue weighted by molar-refractivity contribution is 0.224. The summed E-state index contributed by atoms with van der Waals surface area (Å²) in [4.78, 5) is 8.92. The van der Waals surface area contributed by atoms with E-state index in [1.165, 1.54) is 0 Å². The maximum Gasteiger partial charge on any atom is 0.191 e. The van der Waals surface area contributed by atoms with Gasteiger partial charge in [-0.15, -0.1) is 0 Å². The zero-order valence-corrected chi connectivity index (χ0v) is 16.5. The number of nitrogens with one attached hydrogen (secondary N) is 2. The quantitative estimate of drug-likeness (QED) is 0.504. The fraction of sp³-hybridized carbons (Fsp3) is 0.300. The molecule has 3 aromatic rings. The number of ether oxygens (including phenoxy) is 1. The van der Waals surface area contributed by atoms with Crippen LogP contribution in [-0.2, 0) is 13.6 Å². The summed E-state index contributed by atoms with van der Waals surface area (Å²) in [6, 6.07) is 15.4.